The van der Waals surface area contributed by atoms with Crippen molar-refractivity contribution in [3.8, 4) is 0 Å². The molecule has 3 nitrogen and oxygen atoms in total. The van der Waals surface area contributed by atoms with Crippen molar-refractivity contribution in [2.24, 2.45) is 0 Å². The molecule has 0 aliphatic rings. The fourth-order valence-corrected chi connectivity index (χ4v) is 1.41. The van der Waals surface area contributed by atoms with Crippen LogP contribution in [0.15, 0.2) is 10.5 Å². The summed E-state index contributed by atoms with van der Waals surface area (Å²) < 4.78 is 5.37. The summed E-state index contributed by atoms with van der Waals surface area (Å²) in [6.07, 6.45) is 0.927. The fourth-order valence-electron chi connectivity index (χ4n) is 1.41. The number of oxazole rings is 1. The molecule has 0 amide bonds. The molecule has 0 aliphatic heterocycles. The third kappa shape index (κ3) is 1.30. The third-order valence-electron chi connectivity index (χ3n) is 2.08. The third-order valence-corrected chi connectivity index (χ3v) is 2.08. The summed E-state index contributed by atoms with van der Waals surface area (Å²) in [5, 5.41) is 0. The Kier molecular flexibility index (Phi) is 1.79. The summed E-state index contributed by atoms with van der Waals surface area (Å²) in [4.78, 5) is 8.61. The van der Waals surface area contributed by atoms with Crippen molar-refractivity contribution >= 4 is 11.2 Å². The summed E-state index contributed by atoms with van der Waals surface area (Å²) >= 11 is 0. The molecule has 2 aromatic rings. The summed E-state index contributed by atoms with van der Waals surface area (Å²) in [6, 6.07) is 2.06. The molecule has 0 unspecified atom stereocenters. The van der Waals surface area contributed by atoms with Gasteiger partial charge in [0.05, 0.1) is 0 Å². The van der Waals surface area contributed by atoms with Crippen LogP contribution in [-0.2, 0) is 6.42 Å². The number of aromatic nitrogens is 2. The molecule has 2 aromatic heterocycles. The van der Waals surface area contributed by atoms with Crippen LogP contribution in [0.3, 0.4) is 0 Å². The maximum Gasteiger partial charge on any atom is 0.247 e. The van der Waals surface area contributed by atoms with Crippen LogP contribution in [0, 0.1) is 13.8 Å². The van der Waals surface area contributed by atoms with E-state index in [1.54, 1.807) is 0 Å². The summed E-state index contributed by atoms with van der Waals surface area (Å²) in [7, 11) is 0. The van der Waals surface area contributed by atoms with Gasteiger partial charge < -0.3 is 4.42 Å². The molecule has 0 aromatic carbocycles. The number of aryl methyl sites for hydroxylation is 3. The first-order valence-electron chi connectivity index (χ1n) is 4.44. The monoisotopic (exact) mass is 176 g/mol. The van der Waals surface area contributed by atoms with Gasteiger partial charge in [-0.25, -0.2) is 9.97 Å². The van der Waals surface area contributed by atoms with E-state index in [2.05, 4.69) is 23.0 Å². The molecule has 2 heterocycles. The van der Waals surface area contributed by atoms with Crippen molar-refractivity contribution in [2.75, 3.05) is 0 Å². The Labute approximate surface area is 76.8 Å². The van der Waals surface area contributed by atoms with Crippen molar-refractivity contribution in [2.45, 2.75) is 27.2 Å². The van der Waals surface area contributed by atoms with E-state index in [0.717, 1.165) is 23.2 Å². The Bertz CT molecular complexity index is 445. The molecule has 0 fully saturated rings. The predicted octanol–water partition coefficient (Wildman–Crippen LogP) is 2.40. The van der Waals surface area contributed by atoms with Crippen LogP contribution in [0.5, 0.6) is 0 Å². The normalized spacial score (nSPS) is 11.0. The molecule has 0 saturated heterocycles. The van der Waals surface area contributed by atoms with Gasteiger partial charge in [-0.1, -0.05) is 6.92 Å². The zero-order valence-corrected chi connectivity index (χ0v) is 8.09. The first-order chi connectivity index (χ1) is 6.20. The highest BCUT2D eigenvalue weighted by molar-refractivity contribution is 5.72. The van der Waals surface area contributed by atoms with Crippen LogP contribution in [0.1, 0.15) is 24.1 Å². The molecule has 0 spiro atoms. The van der Waals surface area contributed by atoms with Crippen LogP contribution in [-0.4, -0.2) is 9.97 Å². The highest BCUT2D eigenvalue weighted by Crippen LogP contribution is 2.18. The van der Waals surface area contributed by atoms with Crippen LogP contribution in [0.2, 0.25) is 0 Å². The van der Waals surface area contributed by atoms with Crippen molar-refractivity contribution in [1.82, 2.24) is 9.97 Å². The van der Waals surface area contributed by atoms with Gasteiger partial charge in [-0.05, 0) is 25.0 Å². The average Bonchev–Trinajstić information content (AvgIpc) is 2.46. The van der Waals surface area contributed by atoms with E-state index >= 15 is 0 Å². The SMILES string of the molecule is CCc1cc(C)c2nc(C)oc2n1. The lowest BCUT2D eigenvalue weighted by Gasteiger charge is -1.96. The molecule has 2 rings (SSSR count). The smallest absolute Gasteiger partial charge is 0.247 e. The largest absolute Gasteiger partial charge is 0.423 e. The highest BCUT2D eigenvalue weighted by atomic mass is 16.4. The lowest BCUT2D eigenvalue weighted by Crippen LogP contribution is -1.88. The van der Waals surface area contributed by atoms with E-state index in [4.69, 9.17) is 4.42 Å². The molecule has 0 radical (unpaired) electrons. The number of fused-ring (bicyclic) bond motifs is 1. The lowest BCUT2D eigenvalue weighted by atomic mass is 10.2. The molecule has 13 heavy (non-hydrogen) atoms. The molecular weight excluding hydrogens is 164 g/mol. The van der Waals surface area contributed by atoms with Crippen LogP contribution in [0.25, 0.3) is 11.2 Å². The molecule has 0 aliphatic carbocycles. The molecule has 0 atom stereocenters. The standard InChI is InChI=1S/C10H12N2O/c1-4-8-5-6(2)9-10(12-8)13-7(3)11-9/h5H,4H2,1-3H3. The van der Waals surface area contributed by atoms with E-state index in [1.807, 2.05) is 13.8 Å². The molecule has 3 heteroatoms. The Hall–Kier alpha value is -1.38. The molecule has 0 bridgehead atoms. The van der Waals surface area contributed by atoms with E-state index in [9.17, 15) is 0 Å². The second kappa shape index (κ2) is 2.83. The van der Waals surface area contributed by atoms with Crippen molar-refractivity contribution < 1.29 is 4.42 Å². The number of rotatable bonds is 1. The minimum Gasteiger partial charge on any atom is -0.423 e. The van der Waals surface area contributed by atoms with Crippen LogP contribution in [0.4, 0.5) is 0 Å². The van der Waals surface area contributed by atoms with Gasteiger partial charge in [-0.15, -0.1) is 0 Å². The van der Waals surface area contributed by atoms with Gasteiger partial charge in [0.1, 0.15) is 5.52 Å². The van der Waals surface area contributed by atoms with Gasteiger partial charge in [-0.3, -0.25) is 0 Å². The van der Waals surface area contributed by atoms with Gasteiger partial charge in [-0.2, -0.15) is 0 Å². The first-order valence-corrected chi connectivity index (χ1v) is 4.44. The zero-order valence-electron chi connectivity index (χ0n) is 8.09. The maximum absolute atomic E-state index is 5.37. The van der Waals surface area contributed by atoms with E-state index in [1.165, 1.54) is 0 Å². The number of hydrogen-bond acceptors (Lipinski definition) is 3. The predicted molar refractivity (Wildman–Crippen MR) is 50.7 cm³/mol. The highest BCUT2D eigenvalue weighted by Gasteiger charge is 2.07. The van der Waals surface area contributed by atoms with E-state index < -0.39 is 0 Å². The molecule has 0 N–H and O–H groups in total. The Morgan fingerprint density at radius 1 is 1.31 bits per heavy atom. The second-order valence-electron chi connectivity index (χ2n) is 3.17. The van der Waals surface area contributed by atoms with Crippen LogP contribution >= 0.6 is 0 Å². The van der Waals surface area contributed by atoms with Gasteiger partial charge in [0.25, 0.3) is 0 Å². The zero-order chi connectivity index (χ0) is 9.42. The lowest BCUT2D eigenvalue weighted by molar-refractivity contribution is 0.550. The van der Waals surface area contributed by atoms with E-state index in [0.29, 0.717) is 11.6 Å². The Morgan fingerprint density at radius 2 is 2.08 bits per heavy atom. The minimum absolute atomic E-state index is 0.661. The topological polar surface area (TPSA) is 38.9 Å². The van der Waals surface area contributed by atoms with Crippen molar-refractivity contribution in [3.05, 3.63) is 23.2 Å². The fraction of sp³-hybridized carbons (Fsp3) is 0.400. The first kappa shape index (κ1) is 8.23. The number of hydrogen-bond donors (Lipinski definition) is 0. The van der Waals surface area contributed by atoms with Crippen molar-refractivity contribution in [1.29, 1.82) is 0 Å². The number of nitrogens with zero attached hydrogens (tertiary/aromatic N) is 2. The molecule has 68 valence electrons. The Morgan fingerprint density at radius 3 is 2.77 bits per heavy atom. The average molecular weight is 176 g/mol. The van der Waals surface area contributed by atoms with Gasteiger partial charge in [0.15, 0.2) is 5.89 Å². The van der Waals surface area contributed by atoms with E-state index in [-0.39, 0.29) is 0 Å². The van der Waals surface area contributed by atoms with Crippen molar-refractivity contribution in [3.63, 3.8) is 0 Å². The van der Waals surface area contributed by atoms with Gasteiger partial charge in [0, 0.05) is 12.6 Å². The number of pyridine rings is 1. The van der Waals surface area contributed by atoms with Gasteiger partial charge in [0.2, 0.25) is 5.71 Å². The molecular formula is C10H12N2O. The van der Waals surface area contributed by atoms with Gasteiger partial charge >= 0.3 is 0 Å². The maximum atomic E-state index is 5.37. The summed E-state index contributed by atoms with van der Waals surface area (Å²) in [6.45, 7) is 5.95. The quantitative estimate of drug-likeness (QED) is 0.669. The second-order valence-corrected chi connectivity index (χ2v) is 3.17. The summed E-state index contributed by atoms with van der Waals surface area (Å²) in [5.74, 6) is 0.679. The van der Waals surface area contributed by atoms with Crippen LogP contribution < -0.4 is 0 Å². The minimum atomic E-state index is 0.661. The summed E-state index contributed by atoms with van der Waals surface area (Å²) in [5.41, 5.74) is 3.74. The Balaban J connectivity index is 2.75. The molecule has 0 saturated carbocycles.